The third-order valence-corrected chi connectivity index (χ3v) is 4.37. The Bertz CT molecular complexity index is 648. The average molecular weight is 370 g/mol. The minimum absolute atomic E-state index is 0.0809. The van der Waals surface area contributed by atoms with E-state index in [0.29, 0.717) is 24.7 Å². The first-order valence-electron chi connectivity index (χ1n) is 9.32. The fraction of sp³-hybridized carbons (Fsp3) is 0.381. The highest BCUT2D eigenvalue weighted by molar-refractivity contribution is 5.80. The summed E-state index contributed by atoms with van der Waals surface area (Å²) in [5.41, 5.74) is 0. The Morgan fingerprint density at radius 2 is 1.52 bits per heavy atom. The maximum Gasteiger partial charge on any atom is 0.321 e. The molecule has 0 radical (unpaired) electrons. The van der Waals surface area contributed by atoms with Gasteiger partial charge in [0.1, 0.15) is 11.5 Å². The second-order valence-electron chi connectivity index (χ2n) is 6.27. The van der Waals surface area contributed by atoms with Gasteiger partial charge in [-0.25, -0.2) is 0 Å². The molecular formula is C21H26N2O4. The maximum atomic E-state index is 12.9. The highest BCUT2D eigenvalue weighted by Crippen LogP contribution is 2.16. The molecule has 1 fully saturated rings. The van der Waals surface area contributed by atoms with Gasteiger partial charge in [0.05, 0.1) is 19.4 Å². The first-order chi connectivity index (χ1) is 13.3. The lowest BCUT2D eigenvalue weighted by Gasteiger charge is -2.35. The van der Waals surface area contributed by atoms with Gasteiger partial charge in [-0.2, -0.15) is 0 Å². The quantitative estimate of drug-likeness (QED) is 0.724. The number of carbonyl (C=O) groups is 1. The molecule has 6 nitrogen and oxygen atoms in total. The molecule has 1 heterocycles. The lowest BCUT2D eigenvalue weighted by atomic mass is 10.3. The summed E-state index contributed by atoms with van der Waals surface area (Å²) in [4.78, 5) is 15.2. The van der Waals surface area contributed by atoms with Crippen molar-refractivity contribution in [2.45, 2.75) is 25.8 Å². The van der Waals surface area contributed by atoms with Crippen LogP contribution in [0.25, 0.3) is 0 Å². The summed E-state index contributed by atoms with van der Waals surface area (Å²) >= 11 is 0. The molecule has 2 aromatic rings. The molecule has 0 saturated carbocycles. The molecule has 1 aliphatic rings. The van der Waals surface area contributed by atoms with E-state index >= 15 is 0 Å². The molecule has 0 bridgehead atoms. The SMILES string of the molecule is CCC(NC(=O)C(Oc1ccccc1)Oc1ccccc1)N1CCOCC1. The molecule has 1 aliphatic heterocycles. The van der Waals surface area contributed by atoms with Gasteiger partial charge in [-0.1, -0.05) is 43.3 Å². The van der Waals surface area contributed by atoms with E-state index in [0.717, 1.165) is 19.5 Å². The lowest BCUT2D eigenvalue weighted by molar-refractivity contribution is -0.143. The number of amides is 1. The predicted molar refractivity (Wildman–Crippen MR) is 103 cm³/mol. The Morgan fingerprint density at radius 1 is 1.00 bits per heavy atom. The molecule has 27 heavy (non-hydrogen) atoms. The predicted octanol–water partition coefficient (Wildman–Crippen LogP) is 2.66. The Morgan fingerprint density at radius 3 is 2.00 bits per heavy atom. The van der Waals surface area contributed by atoms with Crippen LogP contribution in [0.1, 0.15) is 13.3 Å². The van der Waals surface area contributed by atoms with Crippen LogP contribution in [0, 0.1) is 0 Å². The van der Waals surface area contributed by atoms with Crippen molar-refractivity contribution >= 4 is 5.91 Å². The minimum Gasteiger partial charge on any atom is -0.446 e. The van der Waals surface area contributed by atoms with Crippen LogP contribution in [0.5, 0.6) is 11.5 Å². The maximum absolute atomic E-state index is 12.9. The molecular weight excluding hydrogens is 344 g/mol. The van der Waals surface area contributed by atoms with Gasteiger partial charge < -0.3 is 19.5 Å². The third kappa shape index (κ3) is 5.70. The van der Waals surface area contributed by atoms with E-state index in [1.807, 2.05) is 43.3 Å². The van der Waals surface area contributed by atoms with Gasteiger partial charge in [0, 0.05) is 13.1 Å². The topological polar surface area (TPSA) is 60.0 Å². The van der Waals surface area contributed by atoms with E-state index in [9.17, 15) is 4.79 Å². The number of para-hydroxylation sites is 2. The average Bonchev–Trinajstić information content (AvgIpc) is 2.73. The van der Waals surface area contributed by atoms with E-state index < -0.39 is 6.29 Å². The van der Waals surface area contributed by atoms with Crippen molar-refractivity contribution in [1.82, 2.24) is 10.2 Å². The van der Waals surface area contributed by atoms with Crippen LogP contribution in [0.3, 0.4) is 0 Å². The van der Waals surface area contributed by atoms with Crippen LogP contribution in [0.15, 0.2) is 60.7 Å². The number of benzene rings is 2. The van der Waals surface area contributed by atoms with Gasteiger partial charge >= 0.3 is 12.2 Å². The molecule has 1 unspecified atom stereocenters. The first-order valence-corrected chi connectivity index (χ1v) is 9.32. The molecule has 6 heteroatoms. The number of rotatable bonds is 8. The van der Waals surface area contributed by atoms with Gasteiger partial charge in [0.25, 0.3) is 0 Å². The van der Waals surface area contributed by atoms with Crippen molar-refractivity contribution in [2.75, 3.05) is 26.3 Å². The third-order valence-electron chi connectivity index (χ3n) is 4.37. The van der Waals surface area contributed by atoms with Crippen molar-refractivity contribution in [3.05, 3.63) is 60.7 Å². The van der Waals surface area contributed by atoms with Gasteiger partial charge in [-0.15, -0.1) is 0 Å². The molecule has 1 amide bonds. The standard InChI is InChI=1S/C21H26N2O4/c1-2-19(23-13-15-25-16-14-23)22-20(24)21(26-17-9-5-3-6-10-17)27-18-11-7-4-8-12-18/h3-12,19,21H,2,13-16H2,1H3,(H,22,24). The Hall–Kier alpha value is -2.57. The summed E-state index contributed by atoms with van der Waals surface area (Å²) in [6.45, 7) is 4.99. The van der Waals surface area contributed by atoms with Crippen LogP contribution < -0.4 is 14.8 Å². The second-order valence-corrected chi connectivity index (χ2v) is 6.27. The highest BCUT2D eigenvalue weighted by atomic mass is 16.7. The lowest BCUT2D eigenvalue weighted by Crippen LogP contribution is -2.55. The van der Waals surface area contributed by atoms with Crippen molar-refractivity contribution in [2.24, 2.45) is 0 Å². The van der Waals surface area contributed by atoms with Crippen LogP contribution in [0.4, 0.5) is 0 Å². The summed E-state index contributed by atoms with van der Waals surface area (Å²) in [5, 5.41) is 3.06. The molecule has 1 N–H and O–H groups in total. The van der Waals surface area contributed by atoms with Crippen LogP contribution >= 0.6 is 0 Å². The molecule has 3 rings (SSSR count). The number of hydrogen-bond acceptors (Lipinski definition) is 5. The summed E-state index contributed by atoms with van der Waals surface area (Å²) in [6, 6.07) is 18.4. The Balaban J connectivity index is 1.70. The van der Waals surface area contributed by atoms with E-state index in [4.69, 9.17) is 14.2 Å². The Kier molecular flexibility index (Phi) is 7.07. The van der Waals surface area contributed by atoms with Crippen molar-refractivity contribution < 1.29 is 19.0 Å². The number of hydrogen-bond donors (Lipinski definition) is 1. The second kappa shape index (κ2) is 9.94. The van der Waals surface area contributed by atoms with Gasteiger partial charge in [0.15, 0.2) is 0 Å². The van der Waals surface area contributed by atoms with Gasteiger partial charge in [-0.05, 0) is 30.7 Å². The first kappa shape index (κ1) is 19.2. The molecule has 1 saturated heterocycles. The molecule has 144 valence electrons. The van der Waals surface area contributed by atoms with Gasteiger partial charge in [-0.3, -0.25) is 9.69 Å². The number of nitrogens with zero attached hydrogens (tertiary/aromatic N) is 1. The molecule has 0 aromatic heterocycles. The summed E-state index contributed by atoms with van der Waals surface area (Å²) in [5.74, 6) is 0.849. The fourth-order valence-corrected chi connectivity index (χ4v) is 2.95. The van der Waals surface area contributed by atoms with Crippen molar-refractivity contribution in [3.8, 4) is 11.5 Å². The van der Waals surface area contributed by atoms with Crippen molar-refractivity contribution in [3.63, 3.8) is 0 Å². The van der Waals surface area contributed by atoms with E-state index in [-0.39, 0.29) is 12.1 Å². The number of ether oxygens (including phenoxy) is 3. The zero-order chi connectivity index (χ0) is 18.9. The summed E-state index contributed by atoms with van der Waals surface area (Å²) in [6.07, 6.45) is -0.373. The number of nitrogens with one attached hydrogen (secondary N) is 1. The number of morpholine rings is 1. The van der Waals surface area contributed by atoms with E-state index in [1.165, 1.54) is 0 Å². The highest BCUT2D eigenvalue weighted by Gasteiger charge is 2.28. The van der Waals surface area contributed by atoms with Crippen LogP contribution in [-0.4, -0.2) is 49.6 Å². The molecule has 1 atom stereocenters. The Labute approximate surface area is 160 Å². The fourth-order valence-electron chi connectivity index (χ4n) is 2.95. The normalized spacial score (nSPS) is 15.9. The van der Waals surface area contributed by atoms with Crippen molar-refractivity contribution in [1.29, 1.82) is 0 Å². The minimum atomic E-state index is -1.08. The molecule has 0 aliphatic carbocycles. The molecule has 0 spiro atoms. The summed E-state index contributed by atoms with van der Waals surface area (Å²) in [7, 11) is 0. The monoisotopic (exact) mass is 370 g/mol. The van der Waals surface area contributed by atoms with E-state index in [1.54, 1.807) is 24.3 Å². The smallest absolute Gasteiger partial charge is 0.321 e. The van der Waals surface area contributed by atoms with Gasteiger partial charge in [0.2, 0.25) is 0 Å². The number of carbonyl (C=O) groups excluding carboxylic acids is 1. The zero-order valence-electron chi connectivity index (χ0n) is 15.5. The molecule has 2 aromatic carbocycles. The largest absolute Gasteiger partial charge is 0.446 e. The van der Waals surface area contributed by atoms with Crippen LogP contribution in [0.2, 0.25) is 0 Å². The zero-order valence-corrected chi connectivity index (χ0v) is 15.5. The summed E-state index contributed by atoms with van der Waals surface area (Å²) < 4.78 is 17.1. The van der Waals surface area contributed by atoms with E-state index in [2.05, 4.69) is 10.2 Å². The van der Waals surface area contributed by atoms with Crippen LogP contribution in [-0.2, 0) is 9.53 Å².